The van der Waals surface area contributed by atoms with Crippen molar-refractivity contribution in [2.45, 2.75) is 40.2 Å². The zero-order valence-electron chi connectivity index (χ0n) is 13.5. The molecule has 0 bridgehead atoms. The molecule has 0 radical (unpaired) electrons. The molecule has 3 nitrogen and oxygen atoms in total. The van der Waals surface area contributed by atoms with Gasteiger partial charge in [-0.15, -0.1) is 0 Å². The summed E-state index contributed by atoms with van der Waals surface area (Å²) in [5, 5.41) is 1.19. The molecule has 116 valence electrons. The van der Waals surface area contributed by atoms with Gasteiger partial charge < -0.3 is 14.0 Å². The number of fused-ring (bicyclic) bond motifs is 1. The second-order valence-corrected chi connectivity index (χ2v) is 5.84. The van der Waals surface area contributed by atoms with Crippen LogP contribution in [0, 0.1) is 5.92 Å². The van der Waals surface area contributed by atoms with Gasteiger partial charge in [-0.05, 0) is 37.0 Å². The SMILES string of the molecule is CCCOc1cccc2c1ccn2CCOCCC(C)C. The van der Waals surface area contributed by atoms with Crippen LogP contribution in [0.15, 0.2) is 30.5 Å². The molecule has 1 heterocycles. The summed E-state index contributed by atoms with van der Waals surface area (Å²) in [6.07, 6.45) is 4.28. The number of rotatable bonds is 9. The minimum atomic E-state index is 0.704. The zero-order chi connectivity index (χ0) is 15.1. The second kappa shape index (κ2) is 8.08. The molecule has 0 unspecified atom stereocenters. The van der Waals surface area contributed by atoms with E-state index in [9.17, 15) is 0 Å². The average molecular weight is 289 g/mol. The molecular formula is C18H27NO2. The minimum absolute atomic E-state index is 0.704. The van der Waals surface area contributed by atoms with Crippen LogP contribution < -0.4 is 4.74 Å². The molecule has 0 atom stereocenters. The highest BCUT2D eigenvalue weighted by molar-refractivity contribution is 5.86. The standard InChI is InChI=1S/C18H27NO2/c1-4-12-21-18-7-5-6-17-16(18)8-10-19(17)11-14-20-13-9-15(2)3/h5-8,10,15H,4,9,11-14H2,1-3H3. The van der Waals surface area contributed by atoms with Gasteiger partial charge in [0.2, 0.25) is 0 Å². The Kier molecular flexibility index (Phi) is 6.12. The van der Waals surface area contributed by atoms with Crippen molar-refractivity contribution in [1.29, 1.82) is 0 Å². The van der Waals surface area contributed by atoms with E-state index >= 15 is 0 Å². The first kappa shape index (κ1) is 15.9. The van der Waals surface area contributed by atoms with Crippen molar-refractivity contribution in [3.8, 4) is 5.75 Å². The molecule has 2 rings (SSSR count). The maximum absolute atomic E-state index is 5.81. The molecule has 1 aromatic heterocycles. The number of benzene rings is 1. The van der Waals surface area contributed by atoms with Crippen molar-refractivity contribution < 1.29 is 9.47 Å². The van der Waals surface area contributed by atoms with Crippen LogP contribution in [0.4, 0.5) is 0 Å². The monoisotopic (exact) mass is 289 g/mol. The molecule has 2 aromatic rings. The summed E-state index contributed by atoms with van der Waals surface area (Å²) in [5.74, 6) is 1.68. The van der Waals surface area contributed by atoms with Gasteiger partial charge >= 0.3 is 0 Å². The molecule has 0 saturated heterocycles. The van der Waals surface area contributed by atoms with Gasteiger partial charge in [0.15, 0.2) is 0 Å². The Morgan fingerprint density at radius 3 is 2.71 bits per heavy atom. The van der Waals surface area contributed by atoms with Gasteiger partial charge in [0.05, 0.1) is 18.7 Å². The highest BCUT2D eigenvalue weighted by Gasteiger charge is 2.06. The van der Waals surface area contributed by atoms with E-state index in [-0.39, 0.29) is 0 Å². The van der Waals surface area contributed by atoms with Crippen molar-refractivity contribution >= 4 is 10.9 Å². The highest BCUT2D eigenvalue weighted by atomic mass is 16.5. The van der Waals surface area contributed by atoms with Crippen molar-refractivity contribution in [3.63, 3.8) is 0 Å². The third-order valence-electron chi connectivity index (χ3n) is 3.55. The van der Waals surface area contributed by atoms with Crippen LogP contribution in [0.25, 0.3) is 10.9 Å². The third kappa shape index (κ3) is 4.50. The van der Waals surface area contributed by atoms with Crippen LogP contribution in [0.2, 0.25) is 0 Å². The Morgan fingerprint density at radius 2 is 1.95 bits per heavy atom. The van der Waals surface area contributed by atoms with Crippen molar-refractivity contribution in [2.24, 2.45) is 5.92 Å². The van der Waals surface area contributed by atoms with Gasteiger partial charge in [-0.2, -0.15) is 0 Å². The van der Waals surface area contributed by atoms with E-state index in [0.717, 1.165) is 45.0 Å². The lowest BCUT2D eigenvalue weighted by atomic mass is 10.1. The largest absolute Gasteiger partial charge is 0.493 e. The zero-order valence-corrected chi connectivity index (χ0v) is 13.5. The average Bonchev–Trinajstić information content (AvgIpc) is 2.88. The van der Waals surface area contributed by atoms with Gasteiger partial charge in [0, 0.05) is 24.7 Å². The Hall–Kier alpha value is -1.48. The topological polar surface area (TPSA) is 23.4 Å². The van der Waals surface area contributed by atoms with Crippen molar-refractivity contribution in [3.05, 3.63) is 30.5 Å². The van der Waals surface area contributed by atoms with Crippen molar-refractivity contribution in [1.82, 2.24) is 4.57 Å². The fraction of sp³-hybridized carbons (Fsp3) is 0.556. The number of nitrogens with zero attached hydrogens (tertiary/aromatic N) is 1. The molecule has 0 aliphatic rings. The fourth-order valence-corrected chi connectivity index (χ4v) is 2.31. The Bertz CT molecular complexity index is 545. The lowest BCUT2D eigenvalue weighted by molar-refractivity contribution is 0.117. The van der Waals surface area contributed by atoms with Gasteiger partial charge in [0.1, 0.15) is 5.75 Å². The molecule has 0 amide bonds. The maximum atomic E-state index is 5.81. The highest BCUT2D eigenvalue weighted by Crippen LogP contribution is 2.26. The molecule has 1 aromatic carbocycles. The fourth-order valence-electron chi connectivity index (χ4n) is 2.31. The summed E-state index contributed by atoms with van der Waals surface area (Å²) >= 11 is 0. The normalized spacial score (nSPS) is 11.4. The first-order chi connectivity index (χ1) is 10.2. The molecule has 0 spiro atoms. The third-order valence-corrected chi connectivity index (χ3v) is 3.55. The Labute approximate surface area is 127 Å². The van der Waals surface area contributed by atoms with Crippen LogP contribution in [-0.2, 0) is 11.3 Å². The smallest absolute Gasteiger partial charge is 0.128 e. The quantitative estimate of drug-likeness (QED) is 0.635. The van der Waals surface area contributed by atoms with Gasteiger partial charge in [-0.3, -0.25) is 0 Å². The van der Waals surface area contributed by atoms with Crippen LogP contribution in [0.1, 0.15) is 33.6 Å². The van der Waals surface area contributed by atoms with E-state index in [1.807, 2.05) is 6.07 Å². The van der Waals surface area contributed by atoms with Gasteiger partial charge in [-0.1, -0.05) is 26.8 Å². The molecule has 0 aliphatic carbocycles. The van der Waals surface area contributed by atoms with Gasteiger partial charge in [0.25, 0.3) is 0 Å². The molecular weight excluding hydrogens is 262 g/mol. The van der Waals surface area contributed by atoms with E-state index < -0.39 is 0 Å². The number of ether oxygens (including phenoxy) is 2. The molecule has 21 heavy (non-hydrogen) atoms. The molecule has 3 heteroatoms. The minimum Gasteiger partial charge on any atom is -0.493 e. The first-order valence-electron chi connectivity index (χ1n) is 8.00. The summed E-state index contributed by atoms with van der Waals surface area (Å²) in [5.41, 5.74) is 1.22. The number of hydrogen-bond donors (Lipinski definition) is 0. The Morgan fingerprint density at radius 1 is 1.10 bits per heavy atom. The van der Waals surface area contributed by atoms with Crippen LogP contribution >= 0.6 is 0 Å². The summed E-state index contributed by atoms with van der Waals surface area (Å²) in [6.45, 7) is 9.83. The first-order valence-corrected chi connectivity index (χ1v) is 8.00. The number of aromatic nitrogens is 1. The molecule has 0 fully saturated rings. The number of hydrogen-bond acceptors (Lipinski definition) is 2. The van der Waals surface area contributed by atoms with E-state index in [1.165, 1.54) is 10.9 Å². The lowest BCUT2D eigenvalue weighted by Crippen LogP contribution is -2.07. The predicted molar refractivity (Wildman–Crippen MR) is 88.0 cm³/mol. The summed E-state index contributed by atoms with van der Waals surface area (Å²) in [7, 11) is 0. The predicted octanol–water partition coefficient (Wildman–Crippen LogP) is 4.49. The molecule has 0 aliphatic heterocycles. The summed E-state index contributed by atoms with van der Waals surface area (Å²) < 4.78 is 13.8. The second-order valence-electron chi connectivity index (χ2n) is 5.84. The lowest BCUT2D eigenvalue weighted by Gasteiger charge is -2.09. The van der Waals surface area contributed by atoms with Crippen LogP contribution in [0.5, 0.6) is 5.75 Å². The van der Waals surface area contributed by atoms with E-state index in [0.29, 0.717) is 5.92 Å². The summed E-state index contributed by atoms with van der Waals surface area (Å²) in [6, 6.07) is 8.38. The Balaban J connectivity index is 1.95. The van der Waals surface area contributed by atoms with Crippen molar-refractivity contribution in [2.75, 3.05) is 19.8 Å². The van der Waals surface area contributed by atoms with Crippen LogP contribution in [-0.4, -0.2) is 24.4 Å². The van der Waals surface area contributed by atoms with E-state index in [1.54, 1.807) is 0 Å². The van der Waals surface area contributed by atoms with E-state index in [2.05, 4.69) is 49.7 Å². The van der Waals surface area contributed by atoms with Gasteiger partial charge in [-0.25, -0.2) is 0 Å². The molecule has 0 N–H and O–H groups in total. The molecule has 0 saturated carbocycles. The van der Waals surface area contributed by atoms with E-state index in [4.69, 9.17) is 9.47 Å². The summed E-state index contributed by atoms with van der Waals surface area (Å²) in [4.78, 5) is 0. The maximum Gasteiger partial charge on any atom is 0.128 e. The van der Waals surface area contributed by atoms with Crippen LogP contribution in [0.3, 0.4) is 0 Å².